The molecule has 0 atom stereocenters. The Labute approximate surface area is 157 Å². The molecule has 0 N–H and O–H groups in total. The van der Waals surface area contributed by atoms with Crippen LogP contribution in [-0.2, 0) is 0 Å². The number of benzene rings is 2. The van der Waals surface area contributed by atoms with E-state index in [2.05, 4.69) is 71.7 Å². The van der Waals surface area contributed by atoms with Crippen LogP contribution in [0.5, 0.6) is 0 Å². The number of para-hydroxylation sites is 1. The molecule has 0 aliphatic carbocycles. The third-order valence-electron chi connectivity index (χ3n) is 4.73. The minimum atomic E-state index is 0.415. The first kappa shape index (κ1) is 16.9. The van der Waals surface area contributed by atoms with Crippen LogP contribution in [0.2, 0.25) is 0 Å². The quantitative estimate of drug-likeness (QED) is 0.461. The maximum Gasteiger partial charge on any atom is 0.169 e. The van der Waals surface area contributed by atoms with Crippen molar-refractivity contribution in [2.24, 2.45) is 0 Å². The molecule has 26 heavy (non-hydrogen) atoms. The fourth-order valence-electron chi connectivity index (χ4n) is 3.43. The SMILES string of the molecule is CC(C)c1cccc(C(C)C)c1-n1cnnc1-c1cccc2ncsc12. The third-order valence-corrected chi connectivity index (χ3v) is 5.60. The molecule has 0 saturated heterocycles. The van der Waals surface area contributed by atoms with Gasteiger partial charge in [-0.1, -0.05) is 52.0 Å². The van der Waals surface area contributed by atoms with Crippen LogP contribution < -0.4 is 0 Å². The first-order valence-electron chi connectivity index (χ1n) is 8.93. The Balaban J connectivity index is 2.01. The van der Waals surface area contributed by atoms with E-state index in [-0.39, 0.29) is 0 Å². The van der Waals surface area contributed by atoms with E-state index in [0.717, 1.165) is 21.6 Å². The highest BCUT2D eigenvalue weighted by molar-refractivity contribution is 7.17. The summed E-state index contributed by atoms with van der Waals surface area (Å²) in [5, 5.41) is 8.75. The highest BCUT2D eigenvalue weighted by Gasteiger charge is 2.20. The van der Waals surface area contributed by atoms with Gasteiger partial charge in [-0.2, -0.15) is 0 Å². The average Bonchev–Trinajstić information content (AvgIpc) is 3.29. The molecule has 0 unspecified atom stereocenters. The van der Waals surface area contributed by atoms with Gasteiger partial charge in [0.1, 0.15) is 6.33 Å². The van der Waals surface area contributed by atoms with Crippen molar-refractivity contribution in [1.82, 2.24) is 19.7 Å². The molecule has 0 aliphatic heterocycles. The lowest BCUT2D eigenvalue weighted by molar-refractivity contribution is 0.806. The summed E-state index contributed by atoms with van der Waals surface area (Å²) in [6.07, 6.45) is 1.84. The summed E-state index contributed by atoms with van der Waals surface area (Å²) in [7, 11) is 0. The van der Waals surface area contributed by atoms with Crippen LogP contribution in [0.3, 0.4) is 0 Å². The lowest BCUT2D eigenvalue weighted by Crippen LogP contribution is -2.07. The van der Waals surface area contributed by atoms with Gasteiger partial charge in [0.2, 0.25) is 0 Å². The zero-order valence-corrected chi connectivity index (χ0v) is 16.3. The Hall–Kier alpha value is -2.53. The number of thiazole rings is 1. The Morgan fingerprint density at radius 3 is 2.31 bits per heavy atom. The van der Waals surface area contributed by atoms with Crippen LogP contribution in [0.1, 0.15) is 50.7 Å². The van der Waals surface area contributed by atoms with Crippen molar-refractivity contribution in [3.63, 3.8) is 0 Å². The molecule has 2 heterocycles. The molecule has 0 bridgehead atoms. The van der Waals surface area contributed by atoms with Crippen LogP contribution in [0.4, 0.5) is 0 Å². The van der Waals surface area contributed by atoms with Gasteiger partial charge in [0.15, 0.2) is 5.82 Å². The van der Waals surface area contributed by atoms with Gasteiger partial charge >= 0.3 is 0 Å². The van der Waals surface area contributed by atoms with E-state index in [4.69, 9.17) is 0 Å². The van der Waals surface area contributed by atoms with Crippen LogP contribution in [0.15, 0.2) is 48.2 Å². The first-order chi connectivity index (χ1) is 12.6. The van der Waals surface area contributed by atoms with Crippen LogP contribution in [0.25, 0.3) is 27.3 Å². The standard InChI is InChI=1S/C21H22N4S/c1-13(2)15-7-5-8-16(14(3)4)19(15)25-11-23-24-21(25)17-9-6-10-18-20(17)26-12-22-18/h5-14H,1-4H3. The Kier molecular flexibility index (Phi) is 4.32. The average molecular weight is 363 g/mol. The van der Waals surface area contributed by atoms with E-state index in [9.17, 15) is 0 Å². The first-order valence-corrected chi connectivity index (χ1v) is 9.81. The molecule has 4 aromatic rings. The van der Waals surface area contributed by atoms with Gasteiger partial charge in [0, 0.05) is 5.56 Å². The van der Waals surface area contributed by atoms with Crippen LogP contribution >= 0.6 is 11.3 Å². The van der Waals surface area contributed by atoms with Crippen molar-refractivity contribution in [2.75, 3.05) is 0 Å². The molecular weight excluding hydrogens is 340 g/mol. The summed E-state index contributed by atoms with van der Waals surface area (Å²) in [6.45, 7) is 8.93. The van der Waals surface area contributed by atoms with Crippen molar-refractivity contribution in [2.45, 2.75) is 39.5 Å². The Morgan fingerprint density at radius 2 is 1.62 bits per heavy atom. The molecule has 2 aromatic carbocycles. The molecule has 4 rings (SSSR count). The highest BCUT2D eigenvalue weighted by atomic mass is 32.1. The molecule has 132 valence electrons. The summed E-state index contributed by atoms with van der Waals surface area (Å²) >= 11 is 1.64. The topological polar surface area (TPSA) is 43.6 Å². The summed E-state index contributed by atoms with van der Waals surface area (Å²) in [5.74, 6) is 1.70. The fraction of sp³-hybridized carbons (Fsp3) is 0.286. The van der Waals surface area contributed by atoms with E-state index in [0.29, 0.717) is 11.8 Å². The summed E-state index contributed by atoms with van der Waals surface area (Å²) in [4.78, 5) is 4.44. The van der Waals surface area contributed by atoms with Crippen molar-refractivity contribution in [3.05, 3.63) is 59.4 Å². The molecule has 0 radical (unpaired) electrons. The van der Waals surface area contributed by atoms with E-state index in [1.165, 1.54) is 16.8 Å². The molecular formula is C21H22N4S. The minimum absolute atomic E-state index is 0.415. The number of nitrogens with zero attached hydrogens (tertiary/aromatic N) is 4. The zero-order valence-electron chi connectivity index (χ0n) is 15.5. The van der Waals surface area contributed by atoms with E-state index in [1.54, 1.807) is 11.3 Å². The second-order valence-corrected chi connectivity index (χ2v) is 7.98. The van der Waals surface area contributed by atoms with Gasteiger partial charge in [-0.25, -0.2) is 4.98 Å². The predicted octanol–water partition coefficient (Wildman–Crippen LogP) is 5.79. The highest BCUT2D eigenvalue weighted by Crippen LogP contribution is 2.36. The smallest absolute Gasteiger partial charge is 0.169 e. The number of hydrogen-bond donors (Lipinski definition) is 0. The van der Waals surface area contributed by atoms with Crippen molar-refractivity contribution >= 4 is 21.6 Å². The number of fused-ring (bicyclic) bond motifs is 1. The van der Waals surface area contributed by atoms with E-state index in [1.807, 2.05) is 24.0 Å². The lowest BCUT2D eigenvalue weighted by Gasteiger charge is -2.21. The molecule has 2 aromatic heterocycles. The van der Waals surface area contributed by atoms with E-state index < -0.39 is 0 Å². The number of hydrogen-bond acceptors (Lipinski definition) is 4. The molecule has 5 heteroatoms. The Bertz CT molecular complexity index is 1030. The minimum Gasteiger partial charge on any atom is -0.281 e. The zero-order chi connectivity index (χ0) is 18.3. The second-order valence-electron chi connectivity index (χ2n) is 7.13. The molecule has 0 spiro atoms. The predicted molar refractivity (Wildman–Crippen MR) is 108 cm³/mol. The molecule has 4 nitrogen and oxygen atoms in total. The lowest BCUT2D eigenvalue weighted by atomic mass is 9.92. The second kappa shape index (κ2) is 6.65. The van der Waals surface area contributed by atoms with Gasteiger partial charge in [-0.3, -0.25) is 4.57 Å². The molecule has 0 saturated carbocycles. The maximum absolute atomic E-state index is 4.49. The molecule has 0 amide bonds. The van der Waals surface area contributed by atoms with Crippen LogP contribution in [-0.4, -0.2) is 19.7 Å². The number of aromatic nitrogens is 4. The summed E-state index contributed by atoms with van der Waals surface area (Å²) in [5.41, 5.74) is 7.80. The van der Waals surface area contributed by atoms with Gasteiger partial charge in [0.05, 0.1) is 21.4 Å². The Morgan fingerprint density at radius 1 is 0.923 bits per heavy atom. The van der Waals surface area contributed by atoms with Crippen molar-refractivity contribution in [3.8, 4) is 17.1 Å². The third kappa shape index (κ3) is 2.72. The monoisotopic (exact) mass is 362 g/mol. The van der Waals surface area contributed by atoms with Gasteiger partial charge < -0.3 is 0 Å². The normalized spacial score (nSPS) is 11.8. The van der Waals surface area contributed by atoms with Gasteiger partial charge in [-0.05, 0) is 35.1 Å². The maximum atomic E-state index is 4.49. The van der Waals surface area contributed by atoms with Gasteiger partial charge in [0.25, 0.3) is 0 Å². The van der Waals surface area contributed by atoms with Crippen molar-refractivity contribution < 1.29 is 0 Å². The van der Waals surface area contributed by atoms with Crippen molar-refractivity contribution in [1.29, 1.82) is 0 Å². The molecule has 0 fully saturated rings. The summed E-state index contributed by atoms with van der Waals surface area (Å²) < 4.78 is 3.30. The van der Waals surface area contributed by atoms with Crippen LogP contribution in [0, 0.1) is 0 Å². The fourth-order valence-corrected chi connectivity index (χ4v) is 4.23. The largest absolute Gasteiger partial charge is 0.281 e. The molecule has 0 aliphatic rings. The van der Waals surface area contributed by atoms with E-state index >= 15 is 0 Å². The van der Waals surface area contributed by atoms with Gasteiger partial charge in [-0.15, -0.1) is 21.5 Å². The number of rotatable bonds is 4. The summed E-state index contributed by atoms with van der Waals surface area (Å²) in [6, 6.07) is 12.8.